The topological polar surface area (TPSA) is 241 Å². The van der Waals surface area contributed by atoms with Crippen LogP contribution in [0.5, 0.6) is 0 Å². The Labute approximate surface area is 175 Å². The molecule has 1 aromatic rings. The number of anilines is 1. The third kappa shape index (κ3) is 7.61. The first-order chi connectivity index (χ1) is 14.1. The lowest BCUT2D eigenvalue weighted by Crippen LogP contribution is -2.27. The number of nitrogen functional groups attached to an aromatic ring is 1. The fourth-order valence-corrected chi connectivity index (χ4v) is 6.02. The Morgan fingerprint density at radius 1 is 1.19 bits per heavy atom. The molecule has 0 radical (unpaired) electrons. The van der Waals surface area contributed by atoms with E-state index in [1.807, 2.05) is 0 Å². The van der Waals surface area contributed by atoms with Crippen molar-refractivity contribution in [1.82, 2.24) is 9.55 Å². The van der Waals surface area contributed by atoms with Gasteiger partial charge in [0.15, 0.2) is 0 Å². The predicted octanol–water partition coefficient (Wildman–Crippen LogP) is -0.148. The molecule has 1 fully saturated rings. The van der Waals surface area contributed by atoms with Gasteiger partial charge in [-0.2, -0.15) is 13.6 Å². The SMILES string of the molecule is CC#Cc1cn([C@H]2CC(O)[C@@H](COP(=O)(O)OP(=O)(O)OP(=O)(O)O)C2)c(=O)nc1N. The molecular formula is C13H20N3O12P3. The minimum atomic E-state index is -5.64. The number of hydrogen-bond acceptors (Lipinski definition) is 10. The molecule has 18 heteroatoms. The van der Waals surface area contributed by atoms with Crippen LogP contribution in [0.1, 0.15) is 31.4 Å². The molecule has 5 atom stereocenters. The average Bonchev–Trinajstić information content (AvgIpc) is 2.93. The minimum Gasteiger partial charge on any atom is -0.393 e. The van der Waals surface area contributed by atoms with E-state index in [1.54, 1.807) is 6.92 Å². The molecule has 0 bridgehead atoms. The maximum absolute atomic E-state index is 12.2. The van der Waals surface area contributed by atoms with Gasteiger partial charge in [-0.3, -0.25) is 9.09 Å². The van der Waals surface area contributed by atoms with Gasteiger partial charge in [-0.05, 0) is 19.8 Å². The summed E-state index contributed by atoms with van der Waals surface area (Å²) in [5, 5.41) is 10.2. The molecule has 1 saturated carbocycles. The second-order valence-electron chi connectivity index (χ2n) is 6.44. The molecule has 0 saturated heterocycles. The average molecular weight is 503 g/mol. The highest BCUT2D eigenvalue weighted by Gasteiger charge is 2.42. The quantitative estimate of drug-likeness (QED) is 0.200. The van der Waals surface area contributed by atoms with E-state index < -0.39 is 53.8 Å². The summed E-state index contributed by atoms with van der Waals surface area (Å²) < 4.78 is 46.7. The summed E-state index contributed by atoms with van der Waals surface area (Å²) in [7, 11) is -16.5. The van der Waals surface area contributed by atoms with Crippen LogP contribution in [0, 0.1) is 17.8 Å². The van der Waals surface area contributed by atoms with Crippen molar-refractivity contribution in [2.24, 2.45) is 5.92 Å². The highest BCUT2D eigenvalue weighted by atomic mass is 31.3. The number of nitrogens with zero attached hydrogens (tertiary/aromatic N) is 2. The van der Waals surface area contributed by atoms with Crippen LogP contribution in [-0.4, -0.2) is 46.9 Å². The van der Waals surface area contributed by atoms with Crippen molar-refractivity contribution in [2.45, 2.75) is 31.9 Å². The van der Waals surface area contributed by atoms with Crippen molar-refractivity contribution < 1.29 is 51.5 Å². The number of aliphatic hydroxyl groups is 1. The molecule has 0 amide bonds. The van der Waals surface area contributed by atoms with Gasteiger partial charge in [0, 0.05) is 18.2 Å². The maximum atomic E-state index is 12.2. The van der Waals surface area contributed by atoms with Crippen LogP contribution in [0.2, 0.25) is 0 Å². The van der Waals surface area contributed by atoms with Crippen LogP contribution in [0.3, 0.4) is 0 Å². The summed E-state index contributed by atoms with van der Waals surface area (Å²) in [6.45, 7) is 0.910. The summed E-state index contributed by atoms with van der Waals surface area (Å²) >= 11 is 0. The van der Waals surface area contributed by atoms with Crippen LogP contribution >= 0.6 is 23.5 Å². The lowest BCUT2D eigenvalue weighted by atomic mass is 10.1. The molecule has 1 heterocycles. The van der Waals surface area contributed by atoms with Gasteiger partial charge in [-0.1, -0.05) is 5.92 Å². The zero-order chi connectivity index (χ0) is 23.6. The second kappa shape index (κ2) is 9.62. The van der Waals surface area contributed by atoms with Gasteiger partial charge in [0.1, 0.15) is 5.82 Å². The third-order valence-electron chi connectivity index (χ3n) is 4.13. The maximum Gasteiger partial charge on any atom is 0.490 e. The lowest BCUT2D eigenvalue weighted by molar-refractivity contribution is 0.0834. The Balaban J connectivity index is 2.07. The number of phosphoric ester groups is 1. The smallest absolute Gasteiger partial charge is 0.393 e. The monoisotopic (exact) mass is 503 g/mol. The van der Waals surface area contributed by atoms with Crippen molar-refractivity contribution in [2.75, 3.05) is 12.3 Å². The molecule has 0 aromatic carbocycles. The normalized spacial score (nSPS) is 25.3. The zero-order valence-corrected chi connectivity index (χ0v) is 18.5. The molecular weight excluding hydrogens is 483 g/mol. The van der Waals surface area contributed by atoms with Gasteiger partial charge < -0.3 is 30.4 Å². The van der Waals surface area contributed by atoms with E-state index in [9.17, 15) is 28.5 Å². The highest BCUT2D eigenvalue weighted by Crippen LogP contribution is 2.66. The summed E-state index contributed by atoms with van der Waals surface area (Å²) in [6, 6.07) is -0.581. The first kappa shape index (κ1) is 25.9. The van der Waals surface area contributed by atoms with Crippen LogP contribution in [0.4, 0.5) is 5.82 Å². The van der Waals surface area contributed by atoms with Crippen molar-refractivity contribution in [3.8, 4) is 11.8 Å². The molecule has 174 valence electrons. The minimum absolute atomic E-state index is 0.0505. The van der Waals surface area contributed by atoms with E-state index >= 15 is 0 Å². The van der Waals surface area contributed by atoms with E-state index in [0.29, 0.717) is 5.56 Å². The van der Waals surface area contributed by atoms with E-state index in [2.05, 4.69) is 30.0 Å². The number of nitrogens with two attached hydrogens (primary N) is 1. The number of phosphoric acid groups is 3. The fourth-order valence-electron chi connectivity index (χ4n) is 2.95. The summed E-state index contributed by atoms with van der Waals surface area (Å²) in [4.78, 5) is 51.5. The van der Waals surface area contributed by atoms with Gasteiger partial charge >= 0.3 is 29.2 Å². The molecule has 31 heavy (non-hydrogen) atoms. The van der Waals surface area contributed by atoms with E-state index in [4.69, 9.17) is 20.4 Å². The van der Waals surface area contributed by atoms with Gasteiger partial charge in [-0.15, -0.1) is 5.92 Å². The van der Waals surface area contributed by atoms with Crippen molar-refractivity contribution in [1.29, 1.82) is 0 Å². The summed E-state index contributed by atoms with van der Waals surface area (Å²) in [5.74, 6) is 4.44. The standard InChI is InChI=1S/C13H20N3O12P3/c1-2-3-8-6-16(13(18)15-12(8)14)10-4-9(11(17)5-10)7-26-30(22,23)28-31(24,25)27-29(19,20)21/h6,9-11,17H,4-5,7H2,1H3,(H,22,23)(H,24,25)(H2,14,15,18)(H2,19,20,21)/t9-,10-,11?/m1/s1. The Morgan fingerprint density at radius 2 is 1.84 bits per heavy atom. The molecule has 0 spiro atoms. The van der Waals surface area contributed by atoms with Crippen molar-refractivity contribution in [3.63, 3.8) is 0 Å². The third-order valence-corrected chi connectivity index (χ3v) is 7.94. The zero-order valence-electron chi connectivity index (χ0n) is 15.8. The number of aliphatic hydroxyl groups excluding tert-OH is 1. The Morgan fingerprint density at radius 3 is 2.42 bits per heavy atom. The van der Waals surface area contributed by atoms with E-state index in [1.165, 1.54) is 10.8 Å². The molecule has 15 nitrogen and oxygen atoms in total. The molecule has 0 aliphatic heterocycles. The molecule has 3 unspecified atom stereocenters. The van der Waals surface area contributed by atoms with Crippen LogP contribution in [0.15, 0.2) is 11.0 Å². The number of aromatic nitrogens is 2. The van der Waals surface area contributed by atoms with E-state index in [-0.39, 0.29) is 18.7 Å². The molecule has 7 N–H and O–H groups in total. The summed E-state index contributed by atoms with van der Waals surface area (Å²) in [6.07, 6.45) is 0.419. The van der Waals surface area contributed by atoms with Crippen LogP contribution in [0.25, 0.3) is 0 Å². The first-order valence-electron chi connectivity index (χ1n) is 8.40. The first-order valence-corrected chi connectivity index (χ1v) is 12.9. The summed E-state index contributed by atoms with van der Waals surface area (Å²) in [5.41, 5.74) is 5.25. The highest BCUT2D eigenvalue weighted by molar-refractivity contribution is 7.66. The second-order valence-corrected chi connectivity index (χ2v) is 10.9. The van der Waals surface area contributed by atoms with Crippen LogP contribution < -0.4 is 11.4 Å². The lowest BCUT2D eigenvalue weighted by Gasteiger charge is -2.19. The molecule has 1 aromatic heterocycles. The van der Waals surface area contributed by atoms with Gasteiger partial charge in [0.2, 0.25) is 0 Å². The predicted molar refractivity (Wildman–Crippen MR) is 103 cm³/mol. The van der Waals surface area contributed by atoms with Crippen molar-refractivity contribution in [3.05, 3.63) is 22.2 Å². The van der Waals surface area contributed by atoms with Crippen LogP contribution in [-0.2, 0) is 26.8 Å². The van der Waals surface area contributed by atoms with Gasteiger partial charge in [-0.25, -0.2) is 18.5 Å². The Kier molecular flexibility index (Phi) is 8.03. The van der Waals surface area contributed by atoms with Gasteiger partial charge in [0.25, 0.3) is 0 Å². The molecule has 2 rings (SSSR count). The largest absolute Gasteiger partial charge is 0.490 e. The van der Waals surface area contributed by atoms with Crippen molar-refractivity contribution >= 4 is 29.3 Å². The molecule has 1 aliphatic carbocycles. The van der Waals surface area contributed by atoms with E-state index in [0.717, 1.165) is 0 Å². The number of rotatable bonds is 8. The number of hydrogen-bond donors (Lipinski definition) is 6. The molecule has 1 aliphatic rings. The fraction of sp³-hybridized carbons (Fsp3) is 0.538. The van der Waals surface area contributed by atoms with Gasteiger partial charge in [0.05, 0.1) is 18.3 Å². The Bertz CT molecular complexity index is 1090. The Hall–Kier alpha value is -1.39.